The van der Waals surface area contributed by atoms with E-state index in [1.165, 1.54) is 25.2 Å². The average Bonchev–Trinajstić information content (AvgIpc) is 3.34. The lowest BCUT2D eigenvalue weighted by molar-refractivity contribution is 0.0670. The Kier molecular flexibility index (Phi) is 4.88. The lowest BCUT2D eigenvalue weighted by Gasteiger charge is -2.31. The first-order valence-electron chi connectivity index (χ1n) is 9.34. The van der Waals surface area contributed by atoms with Crippen molar-refractivity contribution in [3.63, 3.8) is 0 Å². The quantitative estimate of drug-likeness (QED) is 0.906. The van der Waals surface area contributed by atoms with E-state index in [0.29, 0.717) is 18.8 Å². The molecule has 2 aliphatic rings. The van der Waals surface area contributed by atoms with Crippen LogP contribution in [0.1, 0.15) is 53.6 Å². The number of H-pyrrole nitrogens is 1. The van der Waals surface area contributed by atoms with Crippen LogP contribution in [0.25, 0.3) is 0 Å². The number of rotatable bonds is 4. The van der Waals surface area contributed by atoms with Crippen molar-refractivity contribution in [2.24, 2.45) is 0 Å². The fraction of sp³-hybridized carbons (Fsp3) is 0.526. The zero-order chi connectivity index (χ0) is 17.9. The summed E-state index contributed by atoms with van der Waals surface area (Å²) in [7, 11) is 0. The van der Waals surface area contributed by atoms with Gasteiger partial charge in [0.15, 0.2) is 5.76 Å². The number of carbonyl (C=O) groups excluding carboxylic acids is 1. The molecule has 0 saturated carbocycles. The second kappa shape index (κ2) is 7.45. The molecule has 0 aliphatic carbocycles. The van der Waals surface area contributed by atoms with Crippen molar-refractivity contribution >= 4 is 5.91 Å². The first-order chi connectivity index (χ1) is 12.7. The summed E-state index contributed by atoms with van der Waals surface area (Å²) in [4.78, 5) is 35.3. The van der Waals surface area contributed by atoms with E-state index in [9.17, 15) is 9.59 Å². The SMILES string of the molecule is O=C(c1ccc(CN2CCCC2)o1)N1CCC[C@@H](c2cc(=O)[nH]cn2)C1. The molecule has 26 heavy (non-hydrogen) atoms. The van der Waals surface area contributed by atoms with E-state index in [-0.39, 0.29) is 17.4 Å². The van der Waals surface area contributed by atoms with Crippen molar-refractivity contribution < 1.29 is 9.21 Å². The maximum atomic E-state index is 12.8. The van der Waals surface area contributed by atoms with Crippen LogP contribution in [-0.4, -0.2) is 51.9 Å². The highest BCUT2D eigenvalue weighted by Crippen LogP contribution is 2.26. The van der Waals surface area contributed by atoms with E-state index in [1.54, 1.807) is 6.07 Å². The molecule has 2 saturated heterocycles. The van der Waals surface area contributed by atoms with Crippen LogP contribution in [0.4, 0.5) is 0 Å². The number of amides is 1. The van der Waals surface area contributed by atoms with Gasteiger partial charge in [-0.25, -0.2) is 4.98 Å². The van der Waals surface area contributed by atoms with Gasteiger partial charge in [-0.15, -0.1) is 0 Å². The minimum Gasteiger partial charge on any atom is -0.455 e. The molecular weight excluding hydrogens is 332 g/mol. The highest BCUT2D eigenvalue weighted by Gasteiger charge is 2.28. The molecule has 2 aromatic heterocycles. The molecule has 0 aromatic carbocycles. The van der Waals surface area contributed by atoms with E-state index in [0.717, 1.165) is 43.9 Å². The number of aromatic amines is 1. The molecule has 4 heterocycles. The van der Waals surface area contributed by atoms with Gasteiger partial charge in [0.05, 0.1) is 18.6 Å². The molecule has 1 N–H and O–H groups in total. The van der Waals surface area contributed by atoms with Gasteiger partial charge in [-0.3, -0.25) is 14.5 Å². The summed E-state index contributed by atoms with van der Waals surface area (Å²) in [5.41, 5.74) is 0.594. The number of nitrogens with zero attached hydrogens (tertiary/aromatic N) is 3. The van der Waals surface area contributed by atoms with Crippen molar-refractivity contribution in [2.75, 3.05) is 26.2 Å². The fourth-order valence-electron chi connectivity index (χ4n) is 3.90. The largest absolute Gasteiger partial charge is 0.455 e. The normalized spacial score (nSPS) is 21.2. The summed E-state index contributed by atoms with van der Waals surface area (Å²) in [6, 6.07) is 5.22. The lowest BCUT2D eigenvalue weighted by atomic mass is 9.94. The number of likely N-dealkylation sites (tertiary alicyclic amines) is 2. The van der Waals surface area contributed by atoms with Crippen LogP contribution in [-0.2, 0) is 6.54 Å². The summed E-state index contributed by atoms with van der Waals surface area (Å²) in [5, 5.41) is 0. The zero-order valence-corrected chi connectivity index (χ0v) is 14.8. The smallest absolute Gasteiger partial charge is 0.289 e. The lowest BCUT2D eigenvalue weighted by Crippen LogP contribution is -2.39. The van der Waals surface area contributed by atoms with Crippen molar-refractivity contribution in [1.82, 2.24) is 19.8 Å². The predicted molar refractivity (Wildman–Crippen MR) is 96.0 cm³/mol. The van der Waals surface area contributed by atoms with Crippen LogP contribution in [0.15, 0.2) is 33.7 Å². The number of furan rings is 1. The Morgan fingerprint density at radius 3 is 2.88 bits per heavy atom. The van der Waals surface area contributed by atoms with Gasteiger partial charge in [0, 0.05) is 25.1 Å². The average molecular weight is 356 g/mol. The molecule has 138 valence electrons. The summed E-state index contributed by atoms with van der Waals surface area (Å²) in [5.74, 6) is 1.26. The predicted octanol–water partition coefficient (Wildman–Crippen LogP) is 1.98. The third kappa shape index (κ3) is 3.72. The molecule has 0 bridgehead atoms. The van der Waals surface area contributed by atoms with Crippen molar-refractivity contribution in [1.29, 1.82) is 0 Å². The van der Waals surface area contributed by atoms with Crippen molar-refractivity contribution in [3.05, 3.63) is 52.1 Å². The molecule has 7 nitrogen and oxygen atoms in total. The van der Waals surface area contributed by atoms with Crippen LogP contribution in [0.3, 0.4) is 0 Å². The van der Waals surface area contributed by atoms with Crippen molar-refractivity contribution in [3.8, 4) is 0 Å². The number of aromatic nitrogens is 2. The Hall–Kier alpha value is -2.41. The highest BCUT2D eigenvalue weighted by atomic mass is 16.4. The second-order valence-electron chi connectivity index (χ2n) is 7.18. The first-order valence-corrected chi connectivity index (χ1v) is 9.34. The number of hydrogen-bond donors (Lipinski definition) is 1. The van der Waals surface area contributed by atoms with E-state index in [1.807, 2.05) is 11.0 Å². The second-order valence-corrected chi connectivity index (χ2v) is 7.18. The summed E-state index contributed by atoms with van der Waals surface area (Å²) < 4.78 is 5.82. The number of hydrogen-bond acceptors (Lipinski definition) is 5. The van der Waals surface area contributed by atoms with Gasteiger partial charge in [-0.1, -0.05) is 0 Å². The Bertz CT molecular complexity index is 822. The summed E-state index contributed by atoms with van der Waals surface area (Å²) in [6.45, 7) is 4.24. The van der Waals surface area contributed by atoms with Gasteiger partial charge < -0.3 is 14.3 Å². The standard InChI is InChI=1S/C19H24N4O3/c24-18-10-16(20-13-21-18)14-4-3-9-23(11-14)19(25)17-6-5-15(26-17)12-22-7-1-2-8-22/h5-6,10,13-14H,1-4,7-9,11-12H2,(H,20,21,24)/t14-/m1/s1. The van der Waals surface area contributed by atoms with Crippen LogP contribution in [0.5, 0.6) is 0 Å². The Labute approximate surface area is 152 Å². The topological polar surface area (TPSA) is 82.4 Å². The van der Waals surface area contributed by atoms with Gasteiger partial charge in [-0.05, 0) is 50.9 Å². The van der Waals surface area contributed by atoms with Gasteiger partial charge in [0.1, 0.15) is 5.76 Å². The van der Waals surface area contributed by atoms with Crippen LogP contribution >= 0.6 is 0 Å². The Morgan fingerprint density at radius 1 is 1.23 bits per heavy atom. The van der Waals surface area contributed by atoms with E-state index >= 15 is 0 Å². The number of piperidine rings is 1. The molecule has 0 unspecified atom stereocenters. The van der Waals surface area contributed by atoms with Crippen LogP contribution in [0.2, 0.25) is 0 Å². The van der Waals surface area contributed by atoms with E-state index in [2.05, 4.69) is 14.9 Å². The Morgan fingerprint density at radius 2 is 2.08 bits per heavy atom. The molecule has 2 aliphatic heterocycles. The number of nitrogens with one attached hydrogen (secondary N) is 1. The third-order valence-corrected chi connectivity index (χ3v) is 5.28. The zero-order valence-electron chi connectivity index (χ0n) is 14.8. The fourth-order valence-corrected chi connectivity index (χ4v) is 3.90. The van der Waals surface area contributed by atoms with Crippen molar-refractivity contribution in [2.45, 2.75) is 38.1 Å². The van der Waals surface area contributed by atoms with Crippen LogP contribution in [0, 0.1) is 0 Å². The Balaban J connectivity index is 1.42. The molecule has 0 spiro atoms. The molecule has 4 rings (SSSR count). The molecule has 0 radical (unpaired) electrons. The highest BCUT2D eigenvalue weighted by molar-refractivity contribution is 5.91. The van der Waals surface area contributed by atoms with Crippen LogP contribution < -0.4 is 5.56 Å². The minimum absolute atomic E-state index is 0.0767. The van der Waals surface area contributed by atoms with Gasteiger partial charge >= 0.3 is 0 Å². The van der Waals surface area contributed by atoms with E-state index in [4.69, 9.17) is 4.42 Å². The molecule has 2 fully saturated rings. The molecule has 1 amide bonds. The van der Waals surface area contributed by atoms with E-state index < -0.39 is 0 Å². The molecule has 2 aromatic rings. The summed E-state index contributed by atoms with van der Waals surface area (Å²) in [6.07, 6.45) is 5.72. The van der Waals surface area contributed by atoms with Gasteiger partial charge in [0.2, 0.25) is 0 Å². The minimum atomic E-state index is -0.156. The molecular formula is C19H24N4O3. The number of carbonyl (C=O) groups is 1. The van der Waals surface area contributed by atoms with Gasteiger partial charge in [0.25, 0.3) is 11.5 Å². The molecule has 1 atom stereocenters. The third-order valence-electron chi connectivity index (χ3n) is 5.28. The molecule has 7 heteroatoms. The summed E-state index contributed by atoms with van der Waals surface area (Å²) >= 11 is 0. The van der Waals surface area contributed by atoms with Gasteiger partial charge in [-0.2, -0.15) is 0 Å². The first kappa shape index (κ1) is 17.0. The maximum Gasteiger partial charge on any atom is 0.289 e. The monoisotopic (exact) mass is 356 g/mol. The maximum absolute atomic E-state index is 12.8.